The van der Waals surface area contributed by atoms with Crippen molar-refractivity contribution in [2.45, 2.75) is 33.7 Å². The standard InChI is InChI=1S/C11H18N2O3/c1-4-16-11(15)9-7-12-13(10(9)14)6-5-8(2)3/h7-8,12H,4-6H2,1-3H3. The molecule has 5 heteroatoms. The van der Waals surface area contributed by atoms with Crippen molar-refractivity contribution in [3.05, 3.63) is 22.1 Å². The molecule has 0 radical (unpaired) electrons. The lowest BCUT2D eigenvalue weighted by Gasteiger charge is -2.03. The van der Waals surface area contributed by atoms with E-state index in [1.807, 2.05) is 0 Å². The Labute approximate surface area is 94.4 Å². The quantitative estimate of drug-likeness (QED) is 0.772. The minimum absolute atomic E-state index is 0.0746. The van der Waals surface area contributed by atoms with Crippen LogP contribution in [0.25, 0.3) is 0 Å². The number of H-pyrrole nitrogens is 1. The van der Waals surface area contributed by atoms with Crippen LogP contribution in [0.1, 0.15) is 37.6 Å². The topological polar surface area (TPSA) is 64.1 Å². The van der Waals surface area contributed by atoms with E-state index >= 15 is 0 Å². The lowest BCUT2D eigenvalue weighted by molar-refractivity contribution is 0.0524. The maximum Gasteiger partial charge on any atom is 0.345 e. The first-order valence-electron chi connectivity index (χ1n) is 5.51. The van der Waals surface area contributed by atoms with Crippen LogP contribution < -0.4 is 5.56 Å². The largest absolute Gasteiger partial charge is 0.462 e. The molecule has 0 amide bonds. The smallest absolute Gasteiger partial charge is 0.345 e. The summed E-state index contributed by atoms with van der Waals surface area (Å²) in [7, 11) is 0. The van der Waals surface area contributed by atoms with Crippen LogP contribution in [0.15, 0.2) is 11.0 Å². The van der Waals surface area contributed by atoms with E-state index in [9.17, 15) is 9.59 Å². The highest BCUT2D eigenvalue weighted by molar-refractivity contribution is 5.88. The summed E-state index contributed by atoms with van der Waals surface area (Å²) in [5.41, 5.74) is -0.232. The van der Waals surface area contributed by atoms with E-state index in [-0.39, 0.29) is 17.7 Å². The molecule has 0 bridgehead atoms. The molecule has 0 unspecified atom stereocenters. The fourth-order valence-corrected chi connectivity index (χ4v) is 1.32. The van der Waals surface area contributed by atoms with Crippen molar-refractivity contribution in [2.24, 2.45) is 5.92 Å². The van der Waals surface area contributed by atoms with Gasteiger partial charge in [-0.05, 0) is 19.3 Å². The molecule has 1 aromatic rings. The van der Waals surface area contributed by atoms with Crippen LogP contribution >= 0.6 is 0 Å². The molecule has 5 nitrogen and oxygen atoms in total. The molecule has 0 spiro atoms. The van der Waals surface area contributed by atoms with Gasteiger partial charge in [-0.3, -0.25) is 9.48 Å². The van der Waals surface area contributed by atoms with Crippen LogP contribution in [0, 0.1) is 5.92 Å². The van der Waals surface area contributed by atoms with Gasteiger partial charge in [0.15, 0.2) is 0 Å². The van der Waals surface area contributed by atoms with Crippen LogP contribution in [0.3, 0.4) is 0 Å². The number of aromatic nitrogens is 2. The lowest BCUT2D eigenvalue weighted by atomic mass is 10.1. The number of nitrogens with zero attached hydrogens (tertiary/aromatic N) is 1. The zero-order valence-electron chi connectivity index (χ0n) is 9.95. The molecule has 0 aliphatic heterocycles. The minimum Gasteiger partial charge on any atom is -0.462 e. The summed E-state index contributed by atoms with van der Waals surface area (Å²) >= 11 is 0. The number of ether oxygens (including phenoxy) is 1. The SMILES string of the molecule is CCOC(=O)c1c[nH]n(CCC(C)C)c1=O. The third kappa shape index (κ3) is 2.98. The normalized spacial score (nSPS) is 10.8. The first kappa shape index (κ1) is 12.5. The Kier molecular flexibility index (Phi) is 4.34. The van der Waals surface area contributed by atoms with Crippen molar-refractivity contribution in [3.63, 3.8) is 0 Å². The second kappa shape index (κ2) is 5.53. The van der Waals surface area contributed by atoms with Gasteiger partial charge in [-0.25, -0.2) is 4.79 Å². The van der Waals surface area contributed by atoms with Gasteiger partial charge in [0.05, 0.1) is 6.61 Å². The average molecular weight is 226 g/mol. The second-order valence-electron chi connectivity index (χ2n) is 4.05. The Hall–Kier alpha value is -1.52. The molecule has 0 saturated heterocycles. The monoisotopic (exact) mass is 226 g/mol. The van der Waals surface area contributed by atoms with E-state index < -0.39 is 5.97 Å². The third-order valence-corrected chi connectivity index (χ3v) is 2.27. The lowest BCUT2D eigenvalue weighted by Crippen LogP contribution is -2.23. The molecule has 1 aromatic heterocycles. The summed E-state index contributed by atoms with van der Waals surface area (Å²) in [5.74, 6) is -0.0479. The van der Waals surface area contributed by atoms with Crippen molar-refractivity contribution >= 4 is 5.97 Å². The number of carbonyl (C=O) groups excluding carboxylic acids is 1. The average Bonchev–Trinajstić information content (AvgIpc) is 2.57. The fraction of sp³-hybridized carbons (Fsp3) is 0.636. The Balaban J connectivity index is 2.76. The van der Waals surface area contributed by atoms with E-state index in [0.717, 1.165) is 6.42 Å². The van der Waals surface area contributed by atoms with Gasteiger partial charge in [-0.1, -0.05) is 13.8 Å². The van der Waals surface area contributed by atoms with E-state index in [1.54, 1.807) is 6.92 Å². The number of aryl methyl sites for hydroxylation is 1. The fourth-order valence-electron chi connectivity index (χ4n) is 1.32. The highest BCUT2D eigenvalue weighted by Crippen LogP contribution is 2.01. The van der Waals surface area contributed by atoms with Crippen molar-refractivity contribution in [3.8, 4) is 0 Å². The predicted octanol–water partition coefficient (Wildman–Crippen LogP) is 1.40. The molecule has 90 valence electrons. The van der Waals surface area contributed by atoms with E-state index in [2.05, 4.69) is 18.9 Å². The molecule has 0 aliphatic rings. The second-order valence-corrected chi connectivity index (χ2v) is 4.05. The molecule has 0 aliphatic carbocycles. The molecular formula is C11H18N2O3. The summed E-state index contributed by atoms with van der Waals surface area (Å²) in [5, 5.41) is 2.77. The summed E-state index contributed by atoms with van der Waals surface area (Å²) in [6.07, 6.45) is 2.29. The summed E-state index contributed by atoms with van der Waals surface area (Å²) in [6.45, 7) is 6.74. The highest BCUT2D eigenvalue weighted by atomic mass is 16.5. The molecular weight excluding hydrogens is 208 g/mol. The predicted molar refractivity (Wildman–Crippen MR) is 60.5 cm³/mol. The van der Waals surface area contributed by atoms with Gasteiger partial charge in [-0.15, -0.1) is 0 Å². The molecule has 0 atom stereocenters. The maximum absolute atomic E-state index is 11.7. The summed E-state index contributed by atoms with van der Waals surface area (Å²) in [4.78, 5) is 23.1. The van der Waals surface area contributed by atoms with Gasteiger partial charge in [0.2, 0.25) is 0 Å². The van der Waals surface area contributed by atoms with Gasteiger partial charge in [0, 0.05) is 12.7 Å². The molecule has 0 fully saturated rings. The molecule has 1 heterocycles. The van der Waals surface area contributed by atoms with Crippen LogP contribution in [-0.2, 0) is 11.3 Å². The Morgan fingerprint density at radius 1 is 1.56 bits per heavy atom. The van der Waals surface area contributed by atoms with Crippen LogP contribution in [0.5, 0.6) is 0 Å². The number of aromatic amines is 1. The maximum atomic E-state index is 11.7. The van der Waals surface area contributed by atoms with Crippen LogP contribution in [0.2, 0.25) is 0 Å². The zero-order chi connectivity index (χ0) is 12.1. The van der Waals surface area contributed by atoms with Gasteiger partial charge in [0.1, 0.15) is 5.56 Å². The zero-order valence-corrected chi connectivity index (χ0v) is 9.95. The summed E-state index contributed by atoms with van der Waals surface area (Å²) < 4.78 is 6.21. The van der Waals surface area contributed by atoms with Gasteiger partial charge in [-0.2, -0.15) is 0 Å². The number of hydrogen-bond acceptors (Lipinski definition) is 3. The molecule has 0 saturated carbocycles. The minimum atomic E-state index is -0.563. The Bertz CT molecular complexity index is 404. The van der Waals surface area contributed by atoms with Crippen LogP contribution in [-0.4, -0.2) is 22.4 Å². The van der Waals surface area contributed by atoms with Crippen molar-refractivity contribution in [2.75, 3.05) is 6.61 Å². The first-order valence-corrected chi connectivity index (χ1v) is 5.51. The van der Waals surface area contributed by atoms with Crippen molar-refractivity contribution < 1.29 is 9.53 Å². The number of esters is 1. The number of rotatable bonds is 5. The van der Waals surface area contributed by atoms with Gasteiger partial charge >= 0.3 is 5.97 Å². The summed E-state index contributed by atoms with van der Waals surface area (Å²) in [6, 6.07) is 0. The first-order chi connectivity index (χ1) is 7.56. The Morgan fingerprint density at radius 3 is 2.81 bits per heavy atom. The van der Waals surface area contributed by atoms with Crippen LogP contribution in [0.4, 0.5) is 0 Å². The van der Waals surface area contributed by atoms with E-state index in [0.29, 0.717) is 12.5 Å². The van der Waals surface area contributed by atoms with Gasteiger partial charge in [0.25, 0.3) is 5.56 Å². The molecule has 16 heavy (non-hydrogen) atoms. The molecule has 0 aromatic carbocycles. The third-order valence-electron chi connectivity index (χ3n) is 2.27. The number of nitrogens with one attached hydrogen (secondary N) is 1. The molecule has 1 rings (SSSR count). The number of hydrogen-bond donors (Lipinski definition) is 1. The molecule has 1 N–H and O–H groups in total. The van der Waals surface area contributed by atoms with Crippen molar-refractivity contribution in [1.82, 2.24) is 9.78 Å². The van der Waals surface area contributed by atoms with E-state index in [1.165, 1.54) is 10.9 Å². The van der Waals surface area contributed by atoms with E-state index in [4.69, 9.17) is 4.74 Å². The Morgan fingerprint density at radius 2 is 2.25 bits per heavy atom. The number of carbonyl (C=O) groups is 1. The highest BCUT2D eigenvalue weighted by Gasteiger charge is 2.15. The van der Waals surface area contributed by atoms with Gasteiger partial charge < -0.3 is 9.84 Å². The van der Waals surface area contributed by atoms with Crippen molar-refractivity contribution in [1.29, 1.82) is 0 Å².